The molecule has 0 radical (unpaired) electrons. The summed E-state index contributed by atoms with van der Waals surface area (Å²) in [6, 6.07) is 5.27. The second-order valence-corrected chi connectivity index (χ2v) is 6.88. The van der Waals surface area contributed by atoms with Crippen LogP contribution in [0.3, 0.4) is 0 Å². The number of rotatable bonds is 6. The van der Waals surface area contributed by atoms with E-state index < -0.39 is 0 Å². The summed E-state index contributed by atoms with van der Waals surface area (Å²) in [6.07, 6.45) is 1.15. The van der Waals surface area contributed by atoms with Crippen molar-refractivity contribution in [1.82, 2.24) is 4.90 Å². The van der Waals surface area contributed by atoms with Crippen LogP contribution in [0, 0.1) is 11.7 Å². The summed E-state index contributed by atoms with van der Waals surface area (Å²) in [7, 11) is 2.09. The molecule has 0 spiro atoms. The Morgan fingerprint density at radius 3 is 2.75 bits per heavy atom. The van der Waals surface area contributed by atoms with Crippen LogP contribution in [-0.2, 0) is 13.1 Å². The van der Waals surface area contributed by atoms with E-state index in [4.69, 9.17) is 5.73 Å². The Labute approximate surface area is 124 Å². The van der Waals surface area contributed by atoms with E-state index in [1.54, 1.807) is 17.4 Å². The highest BCUT2D eigenvalue weighted by atomic mass is 32.1. The lowest BCUT2D eigenvalue weighted by molar-refractivity contribution is 0.304. The first-order valence-electron chi connectivity index (χ1n) is 7.10. The number of hydrogen-bond donors (Lipinski definition) is 1. The summed E-state index contributed by atoms with van der Waals surface area (Å²) in [5.41, 5.74) is 6.90. The molecular formula is C16H23FN2S. The summed E-state index contributed by atoms with van der Waals surface area (Å²) < 4.78 is 15.1. The van der Waals surface area contributed by atoms with Gasteiger partial charge in [0.2, 0.25) is 0 Å². The number of nitrogens with two attached hydrogens (primary N) is 1. The fourth-order valence-electron chi connectivity index (χ4n) is 2.38. The van der Waals surface area contributed by atoms with Gasteiger partial charge in [-0.15, -0.1) is 11.3 Å². The third-order valence-electron chi connectivity index (χ3n) is 3.55. The highest BCUT2D eigenvalue weighted by Crippen LogP contribution is 2.33. The fraction of sp³-hybridized carbons (Fsp3) is 0.500. The Morgan fingerprint density at radius 2 is 2.10 bits per heavy atom. The SMILES string of the molecule is CC(C)CCN(C)Cc1c(CN)sc2cccc(F)c12. The van der Waals surface area contributed by atoms with Crippen LogP contribution in [0.1, 0.15) is 30.7 Å². The lowest BCUT2D eigenvalue weighted by atomic mass is 10.1. The maximum absolute atomic E-state index is 14.1. The van der Waals surface area contributed by atoms with Crippen LogP contribution in [0.4, 0.5) is 4.39 Å². The lowest BCUT2D eigenvalue weighted by Gasteiger charge is -2.18. The van der Waals surface area contributed by atoms with Gasteiger partial charge in [0, 0.05) is 28.1 Å². The molecule has 1 heterocycles. The molecular weight excluding hydrogens is 271 g/mol. The smallest absolute Gasteiger partial charge is 0.132 e. The second-order valence-electron chi connectivity index (χ2n) is 5.74. The maximum Gasteiger partial charge on any atom is 0.132 e. The molecule has 110 valence electrons. The average molecular weight is 294 g/mol. The highest BCUT2D eigenvalue weighted by Gasteiger charge is 2.16. The third-order valence-corrected chi connectivity index (χ3v) is 4.77. The molecule has 0 saturated carbocycles. The molecule has 0 bridgehead atoms. The molecule has 2 N–H and O–H groups in total. The first-order chi connectivity index (χ1) is 9.52. The second kappa shape index (κ2) is 6.66. The Balaban J connectivity index is 2.28. The van der Waals surface area contributed by atoms with Gasteiger partial charge >= 0.3 is 0 Å². The first kappa shape index (κ1) is 15.4. The Bertz CT molecular complexity index is 577. The molecule has 0 aliphatic carbocycles. The zero-order valence-corrected chi connectivity index (χ0v) is 13.3. The monoisotopic (exact) mass is 294 g/mol. The predicted octanol–water partition coefficient (Wildman–Crippen LogP) is 3.98. The molecule has 2 aromatic rings. The molecule has 0 fully saturated rings. The Kier molecular flexibility index (Phi) is 5.13. The van der Waals surface area contributed by atoms with Gasteiger partial charge in [-0.1, -0.05) is 19.9 Å². The van der Waals surface area contributed by atoms with E-state index in [2.05, 4.69) is 25.8 Å². The van der Waals surface area contributed by atoms with Crippen molar-refractivity contribution >= 4 is 21.4 Å². The van der Waals surface area contributed by atoms with Crippen LogP contribution in [0.15, 0.2) is 18.2 Å². The Morgan fingerprint density at radius 1 is 1.35 bits per heavy atom. The van der Waals surface area contributed by atoms with Gasteiger partial charge < -0.3 is 10.6 Å². The van der Waals surface area contributed by atoms with Crippen LogP contribution in [0.25, 0.3) is 10.1 Å². The number of nitrogens with zero attached hydrogens (tertiary/aromatic N) is 1. The Hall–Kier alpha value is -0.970. The van der Waals surface area contributed by atoms with Crippen molar-refractivity contribution in [2.45, 2.75) is 33.4 Å². The van der Waals surface area contributed by atoms with Crippen LogP contribution in [0.2, 0.25) is 0 Å². The van der Waals surface area contributed by atoms with E-state index in [0.717, 1.165) is 40.0 Å². The van der Waals surface area contributed by atoms with E-state index in [0.29, 0.717) is 12.5 Å². The van der Waals surface area contributed by atoms with Crippen molar-refractivity contribution in [3.05, 3.63) is 34.5 Å². The summed E-state index contributed by atoms with van der Waals surface area (Å²) in [5.74, 6) is 0.549. The topological polar surface area (TPSA) is 29.3 Å². The van der Waals surface area contributed by atoms with Crippen molar-refractivity contribution in [3.63, 3.8) is 0 Å². The first-order valence-corrected chi connectivity index (χ1v) is 7.92. The minimum absolute atomic E-state index is 0.134. The zero-order chi connectivity index (χ0) is 14.7. The number of benzene rings is 1. The molecule has 20 heavy (non-hydrogen) atoms. The van der Waals surface area contributed by atoms with Crippen LogP contribution in [-0.4, -0.2) is 18.5 Å². The molecule has 0 unspecified atom stereocenters. The standard InChI is InChI=1S/C16H23FN2S/c1-11(2)7-8-19(3)10-12-15(9-18)20-14-6-4-5-13(17)16(12)14/h4-6,11H,7-10,18H2,1-3H3. The summed E-state index contributed by atoms with van der Waals surface area (Å²) in [4.78, 5) is 3.36. The van der Waals surface area contributed by atoms with Gasteiger partial charge in [-0.2, -0.15) is 0 Å². The minimum Gasteiger partial charge on any atom is -0.326 e. The van der Waals surface area contributed by atoms with Gasteiger partial charge in [-0.3, -0.25) is 0 Å². The van der Waals surface area contributed by atoms with Crippen molar-refractivity contribution in [3.8, 4) is 0 Å². The summed E-state index contributed by atoms with van der Waals surface area (Å²) >= 11 is 1.61. The van der Waals surface area contributed by atoms with Gasteiger partial charge in [0.1, 0.15) is 5.82 Å². The van der Waals surface area contributed by atoms with Gasteiger partial charge in [-0.25, -0.2) is 4.39 Å². The average Bonchev–Trinajstić information content (AvgIpc) is 2.76. The summed E-state index contributed by atoms with van der Waals surface area (Å²) in [5, 5.41) is 0.759. The predicted molar refractivity (Wildman–Crippen MR) is 85.5 cm³/mol. The number of hydrogen-bond acceptors (Lipinski definition) is 3. The third kappa shape index (κ3) is 3.37. The summed E-state index contributed by atoms with van der Waals surface area (Å²) in [6.45, 7) is 6.71. The maximum atomic E-state index is 14.1. The minimum atomic E-state index is -0.134. The molecule has 1 aromatic carbocycles. The molecule has 4 heteroatoms. The molecule has 2 rings (SSSR count). The quantitative estimate of drug-likeness (QED) is 0.873. The van der Waals surface area contributed by atoms with Gasteiger partial charge in [0.05, 0.1) is 0 Å². The van der Waals surface area contributed by atoms with Crippen molar-refractivity contribution < 1.29 is 4.39 Å². The fourth-order valence-corrected chi connectivity index (χ4v) is 3.48. The number of fused-ring (bicyclic) bond motifs is 1. The lowest BCUT2D eigenvalue weighted by Crippen LogP contribution is -2.21. The molecule has 1 aromatic heterocycles. The zero-order valence-electron chi connectivity index (χ0n) is 12.4. The number of thiophene rings is 1. The van der Waals surface area contributed by atoms with Crippen molar-refractivity contribution in [2.24, 2.45) is 11.7 Å². The highest BCUT2D eigenvalue weighted by molar-refractivity contribution is 7.19. The van der Waals surface area contributed by atoms with E-state index in [-0.39, 0.29) is 5.82 Å². The molecule has 0 saturated heterocycles. The molecule has 0 aliphatic heterocycles. The van der Waals surface area contributed by atoms with Crippen molar-refractivity contribution in [2.75, 3.05) is 13.6 Å². The van der Waals surface area contributed by atoms with E-state index in [1.807, 2.05) is 6.07 Å². The molecule has 0 atom stereocenters. The normalized spacial score (nSPS) is 11.9. The van der Waals surface area contributed by atoms with Crippen LogP contribution < -0.4 is 5.73 Å². The van der Waals surface area contributed by atoms with E-state index in [9.17, 15) is 4.39 Å². The molecule has 2 nitrogen and oxygen atoms in total. The van der Waals surface area contributed by atoms with Crippen LogP contribution in [0.5, 0.6) is 0 Å². The van der Waals surface area contributed by atoms with E-state index >= 15 is 0 Å². The largest absolute Gasteiger partial charge is 0.326 e. The van der Waals surface area contributed by atoms with Crippen LogP contribution >= 0.6 is 11.3 Å². The van der Waals surface area contributed by atoms with Crippen molar-refractivity contribution in [1.29, 1.82) is 0 Å². The van der Waals surface area contributed by atoms with Gasteiger partial charge in [0.15, 0.2) is 0 Å². The number of halogens is 1. The van der Waals surface area contributed by atoms with Gasteiger partial charge in [-0.05, 0) is 43.6 Å². The van der Waals surface area contributed by atoms with Gasteiger partial charge in [0.25, 0.3) is 0 Å². The molecule has 0 aliphatic rings. The molecule has 0 amide bonds. The van der Waals surface area contributed by atoms with E-state index in [1.165, 1.54) is 6.07 Å².